The first-order valence-electron chi connectivity index (χ1n) is 9.99. The maximum atomic E-state index is 7.04. The molecule has 0 saturated carbocycles. The predicted octanol–water partition coefficient (Wildman–Crippen LogP) is 5.22. The molecule has 0 bridgehead atoms. The number of hydrogen-bond donors (Lipinski definition) is 0. The van der Waals surface area contributed by atoms with Gasteiger partial charge in [0.05, 0.1) is 6.10 Å². The van der Waals surface area contributed by atoms with Gasteiger partial charge in [0.25, 0.3) is 8.32 Å². The number of hydrogen-bond acceptors (Lipinski definition) is 1. The van der Waals surface area contributed by atoms with Crippen molar-refractivity contribution < 1.29 is 4.43 Å². The average molecular weight is 387 g/mol. The highest BCUT2D eigenvalue weighted by molar-refractivity contribution is 6.96. The molecule has 3 rings (SSSR count). The van der Waals surface area contributed by atoms with Crippen LogP contribution in [0.3, 0.4) is 0 Å². The van der Waals surface area contributed by atoms with E-state index in [9.17, 15) is 0 Å². The second-order valence-corrected chi connectivity index (χ2v) is 11.3. The fourth-order valence-corrected chi connectivity index (χ4v) is 7.07. The van der Waals surface area contributed by atoms with Crippen molar-refractivity contribution in [1.82, 2.24) is 0 Å². The maximum Gasteiger partial charge on any atom is 0.253 e. The van der Waals surface area contributed by atoms with E-state index in [1.165, 1.54) is 15.9 Å². The molecule has 3 aromatic rings. The summed E-state index contributed by atoms with van der Waals surface area (Å²) >= 11 is 0. The lowest BCUT2D eigenvalue weighted by Crippen LogP contribution is -2.60. The van der Waals surface area contributed by atoms with Crippen LogP contribution in [0.4, 0.5) is 0 Å². The minimum atomic E-state index is -2.37. The zero-order chi connectivity index (χ0) is 20.0. The zero-order valence-electron chi connectivity index (χ0n) is 17.1. The molecular weight excluding hydrogens is 356 g/mol. The van der Waals surface area contributed by atoms with E-state index in [0.717, 1.165) is 12.0 Å². The highest BCUT2D eigenvalue weighted by Crippen LogP contribution is 2.24. The Hall–Kier alpha value is -2.42. The molecule has 2 heteroatoms. The SMILES string of the molecule is C=C(C)C(O[Si](C)(c1ccccc1)c1ccccc1)C(C)Cc1ccccc1. The lowest BCUT2D eigenvalue weighted by atomic mass is 9.92. The van der Waals surface area contributed by atoms with Crippen LogP contribution >= 0.6 is 0 Å². The Morgan fingerprint density at radius 3 is 1.68 bits per heavy atom. The van der Waals surface area contributed by atoms with E-state index in [2.05, 4.69) is 118 Å². The number of rotatable bonds is 8. The lowest BCUT2D eigenvalue weighted by molar-refractivity contribution is 0.174. The van der Waals surface area contributed by atoms with Crippen molar-refractivity contribution in [3.63, 3.8) is 0 Å². The molecule has 28 heavy (non-hydrogen) atoms. The quantitative estimate of drug-likeness (QED) is 0.381. The van der Waals surface area contributed by atoms with Crippen molar-refractivity contribution in [2.24, 2.45) is 5.92 Å². The molecule has 0 aliphatic carbocycles. The van der Waals surface area contributed by atoms with Crippen molar-refractivity contribution >= 4 is 18.7 Å². The molecule has 0 amide bonds. The smallest absolute Gasteiger partial charge is 0.253 e. The fraction of sp³-hybridized carbons (Fsp3) is 0.231. The second-order valence-electron chi connectivity index (χ2n) is 7.82. The minimum Gasteiger partial charge on any atom is -0.401 e. The molecule has 0 radical (unpaired) electrons. The van der Waals surface area contributed by atoms with Crippen LogP contribution in [0.15, 0.2) is 103 Å². The van der Waals surface area contributed by atoms with E-state index in [0.29, 0.717) is 5.92 Å². The van der Waals surface area contributed by atoms with Gasteiger partial charge in [0, 0.05) is 0 Å². The van der Waals surface area contributed by atoms with Gasteiger partial charge < -0.3 is 4.43 Å². The van der Waals surface area contributed by atoms with Crippen molar-refractivity contribution in [1.29, 1.82) is 0 Å². The van der Waals surface area contributed by atoms with Crippen LogP contribution in [0.25, 0.3) is 0 Å². The Bertz CT molecular complexity index is 835. The van der Waals surface area contributed by atoms with Crippen molar-refractivity contribution in [2.45, 2.75) is 32.9 Å². The molecule has 0 aromatic heterocycles. The predicted molar refractivity (Wildman–Crippen MR) is 123 cm³/mol. The molecular formula is C26H30OSi. The van der Waals surface area contributed by atoms with Crippen molar-refractivity contribution in [3.8, 4) is 0 Å². The van der Waals surface area contributed by atoms with E-state index in [1.807, 2.05) is 0 Å². The third-order valence-electron chi connectivity index (χ3n) is 5.42. The summed E-state index contributed by atoms with van der Waals surface area (Å²) in [5.74, 6) is 0.346. The Balaban J connectivity index is 1.94. The Morgan fingerprint density at radius 2 is 1.25 bits per heavy atom. The molecule has 1 nitrogen and oxygen atoms in total. The van der Waals surface area contributed by atoms with Gasteiger partial charge in [-0.15, -0.1) is 0 Å². The van der Waals surface area contributed by atoms with Crippen LogP contribution in [0, 0.1) is 5.92 Å². The summed E-state index contributed by atoms with van der Waals surface area (Å²) in [7, 11) is -2.37. The maximum absolute atomic E-state index is 7.04. The van der Waals surface area contributed by atoms with Crippen LogP contribution in [0.2, 0.25) is 6.55 Å². The van der Waals surface area contributed by atoms with Crippen LogP contribution in [0.5, 0.6) is 0 Å². The standard InChI is InChI=1S/C26H30OSi/c1-21(2)26(22(3)20-23-14-8-5-9-15-23)27-28(4,24-16-10-6-11-17-24)25-18-12-7-13-19-25/h5-19,22,26H,1,20H2,2-4H3. The van der Waals surface area contributed by atoms with Gasteiger partial charge >= 0.3 is 0 Å². The molecule has 0 saturated heterocycles. The van der Waals surface area contributed by atoms with Gasteiger partial charge in [0.1, 0.15) is 0 Å². The third-order valence-corrected chi connectivity index (χ3v) is 9.01. The molecule has 0 aliphatic rings. The van der Waals surface area contributed by atoms with Crippen LogP contribution in [0.1, 0.15) is 19.4 Å². The first-order chi connectivity index (χ1) is 13.5. The van der Waals surface area contributed by atoms with Gasteiger partial charge in [0.15, 0.2) is 0 Å². The van der Waals surface area contributed by atoms with Crippen LogP contribution in [-0.2, 0) is 10.8 Å². The minimum absolute atomic E-state index is 0.0114. The van der Waals surface area contributed by atoms with E-state index in [-0.39, 0.29) is 6.10 Å². The van der Waals surface area contributed by atoms with E-state index < -0.39 is 8.32 Å². The number of benzene rings is 3. The summed E-state index contributed by atoms with van der Waals surface area (Å²) in [6, 6.07) is 32.0. The molecule has 0 fully saturated rings. The van der Waals surface area contributed by atoms with Gasteiger partial charge in [-0.05, 0) is 41.7 Å². The van der Waals surface area contributed by atoms with E-state index in [1.54, 1.807) is 0 Å². The summed E-state index contributed by atoms with van der Waals surface area (Å²) in [4.78, 5) is 0. The molecule has 0 N–H and O–H groups in total. The molecule has 0 heterocycles. The first-order valence-corrected chi connectivity index (χ1v) is 12.4. The van der Waals surface area contributed by atoms with Crippen molar-refractivity contribution in [3.05, 3.63) is 109 Å². The first kappa shape index (κ1) is 20.3. The highest BCUT2D eigenvalue weighted by Gasteiger charge is 2.38. The third kappa shape index (κ3) is 4.70. The summed E-state index contributed by atoms with van der Waals surface area (Å²) in [5.41, 5.74) is 2.43. The summed E-state index contributed by atoms with van der Waals surface area (Å²) in [6.45, 7) is 11.0. The van der Waals surface area contributed by atoms with Crippen molar-refractivity contribution in [2.75, 3.05) is 0 Å². The Morgan fingerprint density at radius 1 is 0.821 bits per heavy atom. The van der Waals surface area contributed by atoms with E-state index in [4.69, 9.17) is 4.43 Å². The summed E-state index contributed by atoms with van der Waals surface area (Å²) in [5, 5.41) is 2.58. The molecule has 0 spiro atoms. The average Bonchev–Trinajstić information content (AvgIpc) is 2.73. The molecule has 0 aliphatic heterocycles. The molecule has 144 valence electrons. The summed E-state index contributed by atoms with van der Waals surface area (Å²) in [6.07, 6.45) is 0.990. The fourth-order valence-electron chi connectivity index (χ4n) is 3.86. The lowest BCUT2D eigenvalue weighted by Gasteiger charge is -2.36. The monoisotopic (exact) mass is 386 g/mol. The zero-order valence-corrected chi connectivity index (χ0v) is 18.1. The molecule has 2 unspecified atom stereocenters. The van der Waals surface area contributed by atoms with Crippen LogP contribution in [-0.4, -0.2) is 14.4 Å². The Labute approximate surface area is 170 Å². The van der Waals surface area contributed by atoms with Gasteiger partial charge in [0.2, 0.25) is 0 Å². The van der Waals surface area contributed by atoms with Gasteiger partial charge in [-0.3, -0.25) is 0 Å². The normalized spacial score (nSPS) is 13.7. The topological polar surface area (TPSA) is 9.23 Å². The van der Waals surface area contributed by atoms with Gasteiger partial charge in [-0.2, -0.15) is 0 Å². The van der Waals surface area contributed by atoms with Crippen LogP contribution < -0.4 is 10.4 Å². The highest BCUT2D eigenvalue weighted by atomic mass is 28.4. The largest absolute Gasteiger partial charge is 0.401 e. The second kappa shape index (κ2) is 9.18. The van der Waals surface area contributed by atoms with E-state index >= 15 is 0 Å². The molecule has 2 atom stereocenters. The summed E-state index contributed by atoms with van der Waals surface area (Å²) < 4.78 is 7.04. The van der Waals surface area contributed by atoms with Gasteiger partial charge in [-0.25, -0.2) is 0 Å². The molecule has 3 aromatic carbocycles. The Kier molecular flexibility index (Phi) is 6.66. The van der Waals surface area contributed by atoms with Gasteiger partial charge in [-0.1, -0.05) is 110 Å².